The molecule has 0 fully saturated rings. The molecular formula is C11H20O4. The van der Waals surface area contributed by atoms with Gasteiger partial charge in [-0.15, -0.1) is 0 Å². The van der Waals surface area contributed by atoms with Crippen LogP contribution in [0, 0.1) is 5.41 Å². The Balaban J connectivity index is 5.66. The summed E-state index contributed by atoms with van der Waals surface area (Å²) in [7, 11) is 0. The van der Waals surface area contributed by atoms with Crippen LogP contribution >= 0.6 is 0 Å². The second-order valence-electron chi connectivity index (χ2n) is 4.10. The highest BCUT2D eigenvalue weighted by molar-refractivity contribution is 5.26. The van der Waals surface area contributed by atoms with Crippen LogP contribution in [0.3, 0.4) is 0 Å². The van der Waals surface area contributed by atoms with E-state index in [0.717, 1.165) is 0 Å². The SMILES string of the molecule is CC(C)=C(O)C(CO)(CO)C(O)=C(C)C. The van der Waals surface area contributed by atoms with Crippen molar-refractivity contribution in [1.29, 1.82) is 0 Å². The third-order valence-electron chi connectivity index (χ3n) is 2.39. The Labute approximate surface area is 90.2 Å². The highest BCUT2D eigenvalue weighted by Crippen LogP contribution is 2.35. The molecule has 0 rings (SSSR count). The second kappa shape index (κ2) is 5.19. The Kier molecular flexibility index (Phi) is 4.84. The summed E-state index contributed by atoms with van der Waals surface area (Å²) >= 11 is 0. The number of hydrogen-bond acceptors (Lipinski definition) is 4. The maximum atomic E-state index is 9.82. The smallest absolute Gasteiger partial charge is 0.130 e. The third-order valence-corrected chi connectivity index (χ3v) is 2.39. The summed E-state index contributed by atoms with van der Waals surface area (Å²) in [6.45, 7) is 5.50. The van der Waals surface area contributed by atoms with Gasteiger partial charge in [0.15, 0.2) is 0 Å². The molecule has 0 atom stereocenters. The van der Waals surface area contributed by atoms with Gasteiger partial charge in [-0.05, 0) is 38.8 Å². The van der Waals surface area contributed by atoms with Crippen molar-refractivity contribution in [3.63, 3.8) is 0 Å². The van der Waals surface area contributed by atoms with E-state index in [1.807, 2.05) is 0 Å². The lowest BCUT2D eigenvalue weighted by atomic mass is 9.82. The highest BCUT2D eigenvalue weighted by atomic mass is 16.3. The monoisotopic (exact) mass is 216 g/mol. The minimum absolute atomic E-state index is 0.189. The molecule has 88 valence electrons. The van der Waals surface area contributed by atoms with Gasteiger partial charge in [-0.25, -0.2) is 0 Å². The summed E-state index contributed by atoms with van der Waals surface area (Å²) in [5, 5.41) is 38.2. The summed E-state index contributed by atoms with van der Waals surface area (Å²) in [5.41, 5.74) is -0.380. The summed E-state index contributed by atoms with van der Waals surface area (Å²) in [6.07, 6.45) is 0. The maximum Gasteiger partial charge on any atom is 0.130 e. The molecule has 0 aliphatic rings. The van der Waals surface area contributed by atoms with Gasteiger partial charge in [-0.1, -0.05) is 0 Å². The van der Waals surface area contributed by atoms with E-state index in [2.05, 4.69) is 0 Å². The maximum absolute atomic E-state index is 9.82. The van der Waals surface area contributed by atoms with Gasteiger partial charge in [-0.3, -0.25) is 0 Å². The van der Waals surface area contributed by atoms with Gasteiger partial charge in [0.25, 0.3) is 0 Å². The fraction of sp³-hybridized carbons (Fsp3) is 0.636. The highest BCUT2D eigenvalue weighted by Gasteiger charge is 2.39. The molecule has 4 heteroatoms. The zero-order valence-electron chi connectivity index (χ0n) is 9.70. The molecule has 0 saturated heterocycles. The van der Waals surface area contributed by atoms with E-state index in [9.17, 15) is 20.4 Å². The quantitative estimate of drug-likeness (QED) is 0.539. The van der Waals surface area contributed by atoms with Crippen molar-refractivity contribution in [1.82, 2.24) is 0 Å². The van der Waals surface area contributed by atoms with E-state index in [1.54, 1.807) is 27.7 Å². The van der Waals surface area contributed by atoms with Crippen LogP contribution < -0.4 is 0 Å². The van der Waals surface area contributed by atoms with Gasteiger partial charge < -0.3 is 20.4 Å². The third kappa shape index (κ3) is 2.52. The number of hydrogen-bond donors (Lipinski definition) is 4. The molecule has 0 saturated carbocycles. The molecule has 0 radical (unpaired) electrons. The van der Waals surface area contributed by atoms with Crippen LogP contribution in [0.4, 0.5) is 0 Å². The van der Waals surface area contributed by atoms with Crippen LogP contribution in [-0.4, -0.2) is 33.6 Å². The normalized spacial score (nSPS) is 11.1. The van der Waals surface area contributed by atoms with E-state index in [4.69, 9.17) is 0 Å². The predicted octanol–water partition coefficient (Wildman–Crippen LogP) is 1.66. The standard InChI is InChI=1S/C11H20O4/c1-7(2)9(14)11(5-12,6-13)10(15)8(3)4/h12-15H,5-6H2,1-4H3. The van der Waals surface area contributed by atoms with Crippen LogP contribution in [0.1, 0.15) is 27.7 Å². The number of aliphatic hydroxyl groups is 4. The molecule has 0 spiro atoms. The molecule has 4 nitrogen and oxygen atoms in total. The molecule has 0 heterocycles. The lowest BCUT2D eigenvalue weighted by Gasteiger charge is -2.30. The second-order valence-corrected chi connectivity index (χ2v) is 4.10. The first-order chi connectivity index (χ1) is 6.83. The summed E-state index contributed by atoms with van der Waals surface area (Å²) in [4.78, 5) is 0. The average molecular weight is 216 g/mol. The molecule has 0 unspecified atom stereocenters. The van der Waals surface area contributed by atoms with Crippen molar-refractivity contribution in [2.24, 2.45) is 5.41 Å². The van der Waals surface area contributed by atoms with Crippen molar-refractivity contribution < 1.29 is 20.4 Å². The first kappa shape index (κ1) is 14.0. The van der Waals surface area contributed by atoms with Crippen LogP contribution in [0.25, 0.3) is 0 Å². The van der Waals surface area contributed by atoms with E-state index in [0.29, 0.717) is 11.1 Å². The Bertz CT molecular complexity index is 251. The largest absolute Gasteiger partial charge is 0.511 e. The Hall–Kier alpha value is -1.00. The van der Waals surface area contributed by atoms with Gasteiger partial charge >= 0.3 is 0 Å². The van der Waals surface area contributed by atoms with Gasteiger partial charge in [-0.2, -0.15) is 0 Å². The van der Waals surface area contributed by atoms with Crippen molar-refractivity contribution >= 4 is 0 Å². The molecule has 0 aromatic heterocycles. The first-order valence-electron chi connectivity index (χ1n) is 4.79. The summed E-state index contributed by atoms with van der Waals surface area (Å²) in [6, 6.07) is 0. The van der Waals surface area contributed by atoms with E-state index >= 15 is 0 Å². The van der Waals surface area contributed by atoms with E-state index in [-0.39, 0.29) is 11.5 Å². The van der Waals surface area contributed by atoms with E-state index in [1.165, 1.54) is 0 Å². The van der Waals surface area contributed by atoms with Crippen LogP contribution in [0.15, 0.2) is 22.7 Å². The predicted molar refractivity (Wildman–Crippen MR) is 58.6 cm³/mol. The zero-order valence-corrected chi connectivity index (χ0v) is 9.70. The minimum atomic E-state index is -1.47. The summed E-state index contributed by atoms with van der Waals surface area (Å²) < 4.78 is 0. The summed E-state index contributed by atoms with van der Waals surface area (Å²) in [5.74, 6) is -0.377. The molecule has 4 N–H and O–H groups in total. The molecular weight excluding hydrogens is 196 g/mol. The Morgan fingerprint density at radius 1 is 0.800 bits per heavy atom. The number of rotatable bonds is 4. The molecule has 0 amide bonds. The van der Waals surface area contributed by atoms with Crippen molar-refractivity contribution in [2.45, 2.75) is 27.7 Å². The van der Waals surface area contributed by atoms with Crippen molar-refractivity contribution in [3.8, 4) is 0 Å². The molecule has 0 aliphatic carbocycles. The minimum Gasteiger partial charge on any atom is -0.511 e. The lowest BCUT2D eigenvalue weighted by molar-refractivity contribution is 0.0426. The van der Waals surface area contributed by atoms with Gasteiger partial charge in [0.05, 0.1) is 13.2 Å². The Morgan fingerprint density at radius 2 is 1.07 bits per heavy atom. The topological polar surface area (TPSA) is 80.9 Å². The van der Waals surface area contributed by atoms with Crippen LogP contribution in [-0.2, 0) is 0 Å². The number of allylic oxidation sites excluding steroid dienone is 2. The van der Waals surface area contributed by atoms with Gasteiger partial charge in [0.1, 0.15) is 16.9 Å². The molecule has 15 heavy (non-hydrogen) atoms. The molecule has 0 aromatic carbocycles. The van der Waals surface area contributed by atoms with Crippen molar-refractivity contribution in [2.75, 3.05) is 13.2 Å². The Morgan fingerprint density at radius 3 is 1.20 bits per heavy atom. The van der Waals surface area contributed by atoms with Gasteiger partial charge in [0.2, 0.25) is 0 Å². The zero-order chi connectivity index (χ0) is 12.2. The van der Waals surface area contributed by atoms with E-state index < -0.39 is 18.6 Å². The average Bonchev–Trinajstić information content (AvgIpc) is 2.19. The van der Waals surface area contributed by atoms with Crippen molar-refractivity contribution in [3.05, 3.63) is 22.7 Å². The fourth-order valence-electron chi connectivity index (χ4n) is 1.42. The van der Waals surface area contributed by atoms with Gasteiger partial charge in [0, 0.05) is 0 Å². The number of aliphatic hydroxyl groups excluding tert-OH is 4. The first-order valence-corrected chi connectivity index (χ1v) is 4.79. The molecule has 0 aromatic rings. The lowest BCUT2D eigenvalue weighted by Crippen LogP contribution is -2.35. The fourth-order valence-corrected chi connectivity index (χ4v) is 1.42. The molecule has 0 aliphatic heterocycles. The van der Waals surface area contributed by atoms with Crippen LogP contribution in [0.5, 0.6) is 0 Å². The molecule has 0 bridgehead atoms. The van der Waals surface area contributed by atoms with Crippen LogP contribution in [0.2, 0.25) is 0 Å².